The van der Waals surface area contributed by atoms with Crippen LogP contribution in [0.3, 0.4) is 0 Å². The molecule has 0 bridgehead atoms. The van der Waals surface area contributed by atoms with Crippen molar-refractivity contribution in [2.75, 3.05) is 5.32 Å². The molecule has 0 fully saturated rings. The van der Waals surface area contributed by atoms with Crippen LogP contribution in [0, 0.1) is 13.8 Å². The zero-order valence-corrected chi connectivity index (χ0v) is 18.2. The first-order chi connectivity index (χ1) is 14.7. The fourth-order valence-corrected chi connectivity index (χ4v) is 4.64. The molecular formula is C21H18ClN5O3S. The van der Waals surface area contributed by atoms with E-state index in [1.807, 2.05) is 19.9 Å². The minimum Gasteiger partial charge on any atom is -0.366 e. The molecule has 0 saturated heterocycles. The monoisotopic (exact) mass is 455 g/mol. The standard InChI is InChI=1S/C21H18ClN5O3S/c1-12-3-6-14(7-4-12)31(29,30)27-10-9-15-19(25-21(22)26-20(15)27)24-17-8-5-13(2)11-16(17)18(23)28/h3-11H,1-2H3,(H2,23,28)(H,24,25,26). The zero-order valence-electron chi connectivity index (χ0n) is 16.6. The van der Waals surface area contributed by atoms with E-state index < -0.39 is 15.9 Å². The summed E-state index contributed by atoms with van der Waals surface area (Å²) in [6.45, 7) is 3.71. The lowest BCUT2D eigenvalue weighted by molar-refractivity contribution is 0.100. The van der Waals surface area contributed by atoms with Crippen molar-refractivity contribution in [2.24, 2.45) is 5.73 Å². The Morgan fingerprint density at radius 1 is 1.03 bits per heavy atom. The highest BCUT2D eigenvalue weighted by Crippen LogP contribution is 2.30. The molecule has 0 aliphatic carbocycles. The van der Waals surface area contributed by atoms with E-state index in [2.05, 4.69) is 15.3 Å². The molecule has 0 unspecified atom stereocenters. The minimum absolute atomic E-state index is 0.107. The average molecular weight is 456 g/mol. The maximum Gasteiger partial charge on any atom is 0.269 e. The van der Waals surface area contributed by atoms with E-state index in [9.17, 15) is 13.2 Å². The number of nitrogens with zero attached hydrogens (tertiary/aromatic N) is 3. The third-order valence-electron chi connectivity index (χ3n) is 4.75. The van der Waals surface area contributed by atoms with Crippen molar-refractivity contribution >= 4 is 50.1 Å². The van der Waals surface area contributed by atoms with Gasteiger partial charge < -0.3 is 11.1 Å². The zero-order chi connectivity index (χ0) is 22.3. The van der Waals surface area contributed by atoms with Gasteiger partial charge in [-0.05, 0) is 55.8 Å². The fourth-order valence-electron chi connectivity index (χ4n) is 3.18. The maximum atomic E-state index is 13.2. The van der Waals surface area contributed by atoms with Gasteiger partial charge in [-0.15, -0.1) is 0 Å². The molecule has 158 valence electrons. The number of fused-ring (bicyclic) bond motifs is 1. The third-order valence-corrected chi connectivity index (χ3v) is 6.60. The van der Waals surface area contributed by atoms with E-state index in [1.54, 1.807) is 30.3 Å². The average Bonchev–Trinajstić information content (AvgIpc) is 3.14. The van der Waals surface area contributed by atoms with Gasteiger partial charge in [-0.3, -0.25) is 4.79 Å². The van der Waals surface area contributed by atoms with E-state index in [0.717, 1.165) is 15.1 Å². The summed E-state index contributed by atoms with van der Waals surface area (Å²) in [6.07, 6.45) is 1.39. The second kappa shape index (κ2) is 7.68. The van der Waals surface area contributed by atoms with Gasteiger partial charge in [0, 0.05) is 6.20 Å². The number of aryl methyl sites for hydroxylation is 2. The van der Waals surface area contributed by atoms with Crippen LogP contribution in [0.15, 0.2) is 59.6 Å². The molecule has 1 amide bonds. The number of hydrogen-bond donors (Lipinski definition) is 2. The Labute approximate surface area is 183 Å². The first-order valence-electron chi connectivity index (χ1n) is 9.21. The van der Waals surface area contributed by atoms with Gasteiger partial charge in [-0.2, -0.15) is 9.97 Å². The largest absolute Gasteiger partial charge is 0.366 e. The van der Waals surface area contributed by atoms with Crippen LogP contribution in [-0.2, 0) is 10.0 Å². The number of halogens is 1. The lowest BCUT2D eigenvalue weighted by Gasteiger charge is -2.12. The number of amides is 1. The number of benzene rings is 2. The van der Waals surface area contributed by atoms with Crippen molar-refractivity contribution in [3.05, 3.63) is 76.7 Å². The predicted octanol–water partition coefficient (Wildman–Crippen LogP) is 3.78. The van der Waals surface area contributed by atoms with E-state index >= 15 is 0 Å². The van der Waals surface area contributed by atoms with Gasteiger partial charge in [0.25, 0.3) is 15.9 Å². The normalized spacial score (nSPS) is 11.6. The summed E-state index contributed by atoms with van der Waals surface area (Å²) >= 11 is 6.10. The molecule has 31 heavy (non-hydrogen) atoms. The molecule has 10 heteroatoms. The molecule has 4 aromatic rings. The van der Waals surface area contributed by atoms with Crippen molar-refractivity contribution in [1.29, 1.82) is 0 Å². The molecule has 0 radical (unpaired) electrons. The van der Waals surface area contributed by atoms with Crippen molar-refractivity contribution in [3.63, 3.8) is 0 Å². The van der Waals surface area contributed by atoms with E-state index in [4.69, 9.17) is 17.3 Å². The summed E-state index contributed by atoms with van der Waals surface area (Å²) < 4.78 is 27.4. The molecule has 2 aromatic carbocycles. The molecule has 4 rings (SSSR count). The Kier molecular flexibility index (Phi) is 5.16. The van der Waals surface area contributed by atoms with Gasteiger partial charge in [0.15, 0.2) is 5.65 Å². The van der Waals surface area contributed by atoms with Gasteiger partial charge in [-0.1, -0.05) is 29.3 Å². The number of nitrogens with one attached hydrogen (secondary N) is 1. The Hall–Kier alpha value is -3.43. The highest BCUT2D eigenvalue weighted by atomic mass is 35.5. The number of anilines is 2. The van der Waals surface area contributed by atoms with Crippen molar-refractivity contribution in [2.45, 2.75) is 18.7 Å². The quantitative estimate of drug-likeness (QED) is 0.442. The van der Waals surface area contributed by atoms with E-state index in [1.165, 1.54) is 18.3 Å². The van der Waals surface area contributed by atoms with Gasteiger partial charge in [0.05, 0.1) is 21.5 Å². The smallest absolute Gasteiger partial charge is 0.269 e. The predicted molar refractivity (Wildman–Crippen MR) is 119 cm³/mol. The lowest BCUT2D eigenvalue weighted by Crippen LogP contribution is -2.14. The summed E-state index contributed by atoms with van der Waals surface area (Å²) in [5, 5.41) is 3.29. The van der Waals surface area contributed by atoms with E-state index in [-0.39, 0.29) is 27.2 Å². The van der Waals surface area contributed by atoms with Crippen molar-refractivity contribution in [1.82, 2.24) is 13.9 Å². The number of carbonyl (C=O) groups is 1. The molecule has 8 nitrogen and oxygen atoms in total. The first kappa shape index (κ1) is 20.8. The second-order valence-electron chi connectivity index (χ2n) is 7.05. The molecule has 0 atom stereocenters. The van der Waals surface area contributed by atoms with Gasteiger partial charge in [0.1, 0.15) is 5.82 Å². The first-order valence-corrected chi connectivity index (χ1v) is 11.0. The van der Waals surface area contributed by atoms with Crippen LogP contribution in [0.1, 0.15) is 21.5 Å². The summed E-state index contributed by atoms with van der Waals surface area (Å²) in [5.74, 6) is -0.360. The van der Waals surface area contributed by atoms with Crippen LogP contribution in [0.5, 0.6) is 0 Å². The van der Waals surface area contributed by atoms with Crippen LogP contribution in [0.25, 0.3) is 11.0 Å². The number of nitrogens with two attached hydrogens (primary N) is 1. The third kappa shape index (κ3) is 3.85. The fraction of sp³-hybridized carbons (Fsp3) is 0.0952. The molecule has 3 N–H and O–H groups in total. The molecule has 0 saturated carbocycles. The Morgan fingerprint density at radius 2 is 1.71 bits per heavy atom. The highest BCUT2D eigenvalue weighted by Gasteiger charge is 2.22. The molecular weight excluding hydrogens is 438 g/mol. The number of carbonyl (C=O) groups excluding carboxylic acids is 1. The Morgan fingerprint density at radius 3 is 2.39 bits per heavy atom. The van der Waals surface area contributed by atoms with E-state index in [0.29, 0.717) is 11.1 Å². The Balaban J connectivity index is 1.85. The number of aromatic nitrogens is 3. The van der Waals surface area contributed by atoms with Gasteiger partial charge in [-0.25, -0.2) is 12.4 Å². The van der Waals surface area contributed by atoms with Crippen molar-refractivity contribution in [3.8, 4) is 0 Å². The number of hydrogen-bond acceptors (Lipinski definition) is 6. The number of primary amides is 1. The molecule has 0 aliphatic rings. The van der Waals surface area contributed by atoms with Crippen molar-refractivity contribution < 1.29 is 13.2 Å². The van der Waals surface area contributed by atoms with Crippen LogP contribution in [-0.4, -0.2) is 28.3 Å². The molecule has 0 aliphatic heterocycles. The van der Waals surface area contributed by atoms with Crippen LogP contribution < -0.4 is 11.1 Å². The number of rotatable bonds is 5. The van der Waals surface area contributed by atoms with Gasteiger partial charge in [0.2, 0.25) is 5.28 Å². The second-order valence-corrected chi connectivity index (χ2v) is 9.20. The summed E-state index contributed by atoms with van der Waals surface area (Å²) in [4.78, 5) is 20.3. The summed E-state index contributed by atoms with van der Waals surface area (Å²) in [5.41, 5.74) is 8.10. The van der Waals surface area contributed by atoms with Crippen LogP contribution in [0.4, 0.5) is 11.5 Å². The summed E-state index contributed by atoms with van der Waals surface area (Å²) in [7, 11) is -3.91. The maximum absolute atomic E-state index is 13.2. The Bertz CT molecular complexity index is 1430. The lowest BCUT2D eigenvalue weighted by atomic mass is 10.1. The van der Waals surface area contributed by atoms with Crippen LogP contribution >= 0.6 is 11.6 Å². The molecule has 2 aromatic heterocycles. The topological polar surface area (TPSA) is 120 Å². The minimum atomic E-state index is -3.91. The molecule has 0 spiro atoms. The van der Waals surface area contributed by atoms with Crippen LogP contribution in [0.2, 0.25) is 5.28 Å². The van der Waals surface area contributed by atoms with Gasteiger partial charge >= 0.3 is 0 Å². The molecule has 2 heterocycles. The highest BCUT2D eigenvalue weighted by molar-refractivity contribution is 7.90. The SMILES string of the molecule is Cc1ccc(S(=O)(=O)n2ccc3c(Nc4ccc(C)cc4C(N)=O)nc(Cl)nc32)cc1. The summed E-state index contributed by atoms with van der Waals surface area (Å²) in [6, 6.07) is 13.2.